The predicted octanol–water partition coefficient (Wildman–Crippen LogP) is 1.39. The van der Waals surface area contributed by atoms with E-state index in [1.54, 1.807) is 17.8 Å². The van der Waals surface area contributed by atoms with Gasteiger partial charge in [0.2, 0.25) is 5.91 Å². The van der Waals surface area contributed by atoms with Gasteiger partial charge >= 0.3 is 0 Å². The van der Waals surface area contributed by atoms with Crippen LogP contribution in [0.3, 0.4) is 0 Å². The van der Waals surface area contributed by atoms with E-state index in [-0.39, 0.29) is 5.91 Å². The zero-order chi connectivity index (χ0) is 15.2. The van der Waals surface area contributed by atoms with Crippen molar-refractivity contribution in [2.75, 3.05) is 18.4 Å². The summed E-state index contributed by atoms with van der Waals surface area (Å²) >= 11 is 5.69. The van der Waals surface area contributed by atoms with Crippen molar-refractivity contribution < 1.29 is 4.79 Å². The summed E-state index contributed by atoms with van der Waals surface area (Å²) in [5.74, 6) is 0.597. The van der Waals surface area contributed by atoms with E-state index in [9.17, 15) is 4.79 Å². The molecule has 0 radical (unpaired) electrons. The Morgan fingerprint density at radius 3 is 2.95 bits per heavy atom. The molecular formula is C13H19ClN6O. The second-order valence-electron chi connectivity index (χ2n) is 4.66. The van der Waals surface area contributed by atoms with Crippen molar-refractivity contribution in [3.63, 3.8) is 0 Å². The van der Waals surface area contributed by atoms with Crippen LogP contribution in [-0.4, -0.2) is 44.1 Å². The molecule has 2 N–H and O–H groups in total. The fraction of sp³-hybridized carbons (Fsp3) is 0.538. The van der Waals surface area contributed by atoms with E-state index >= 15 is 0 Å². The first-order valence-corrected chi connectivity index (χ1v) is 7.39. The average Bonchev–Trinajstić information content (AvgIpc) is 2.88. The summed E-state index contributed by atoms with van der Waals surface area (Å²) in [6.07, 6.45) is 4.26. The Bertz CT molecular complexity index is 612. The molecule has 0 aromatic carbocycles. The Kier molecular flexibility index (Phi) is 5.32. The number of hydrogen-bond acceptors (Lipinski definition) is 5. The molecule has 0 fully saturated rings. The van der Waals surface area contributed by atoms with Crippen LogP contribution in [0.25, 0.3) is 11.0 Å². The number of aromatic nitrogens is 4. The number of anilines is 1. The minimum Gasteiger partial charge on any atom is -0.369 e. The van der Waals surface area contributed by atoms with Gasteiger partial charge in [-0.05, 0) is 13.3 Å². The van der Waals surface area contributed by atoms with Gasteiger partial charge in [0.05, 0.1) is 18.1 Å². The van der Waals surface area contributed by atoms with Crippen molar-refractivity contribution in [1.29, 1.82) is 0 Å². The Balaban J connectivity index is 2.06. The van der Waals surface area contributed by atoms with Gasteiger partial charge in [-0.2, -0.15) is 5.10 Å². The number of nitrogens with one attached hydrogen (secondary N) is 2. The number of carbonyl (C=O) groups is 1. The van der Waals surface area contributed by atoms with Crippen molar-refractivity contribution in [3.8, 4) is 0 Å². The highest BCUT2D eigenvalue weighted by molar-refractivity contribution is 6.30. The second kappa shape index (κ2) is 7.21. The van der Waals surface area contributed by atoms with E-state index in [1.807, 2.05) is 0 Å². The van der Waals surface area contributed by atoms with Gasteiger partial charge in [-0.1, -0.05) is 6.92 Å². The van der Waals surface area contributed by atoms with E-state index in [0.717, 1.165) is 29.8 Å². The molecule has 21 heavy (non-hydrogen) atoms. The fourth-order valence-corrected chi connectivity index (χ4v) is 1.94. The third-order valence-corrected chi connectivity index (χ3v) is 3.16. The molecule has 0 aliphatic rings. The third-order valence-electron chi connectivity index (χ3n) is 2.96. The quantitative estimate of drug-likeness (QED) is 0.755. The topological polar surface area (TPSA) is 84.7 Å². The van der Waals surface area contributed by atoms with Crippen molar-refractivity contribution in [3.05, 3.63) is 12.5 Å². The molecule has 8 heteroatoms. The molecule has 1 unspecified atom stereocenters. The van der Waals surface area contributed by atoms with E-state index in [2.05, 4.69) is 32.6 Å². The van der Waals surface area contributed by atoms with E-state index in [4.69, 9.17) is 11.6 Å². The summed E-state index contributed by atoms with van der Waals surface area (Å²) in [7, 11) is 0. The van der Waals surface area contributed by atoms with Gasteiger partial charge in [-0.15, -0.1) is 11.6 Å². The summed E-state index contributed by atoms with van der Waals surface area (Å²) in [4.78, 5) is 19.9. The first-order valence-electron chi connectivity index (χ1n) is 6.95. The average molecular weight is 311 g/mol. The van der Waals surface area contributed by atoms with Gasteiger partial charge in [0.25, 0.3) is 0 Å². The fourth-order valence-electron chi connectivity index (χ4n) is 1.87. The smallest absolute Gasteiger partial charge is 0.237 e. The first kappa shape index (κ1) is 15.5. The molecule has 114 valence electrons. The normalized spacial score (nSPS) is 12.3. The van der Waals surface area contributed by atoms with Crippen LogP contribution in [0.1, 0.15) is 20.3 Å². The molecule has 0 saturated heterocycles. The van der Waals surface area contributed by atoms with Crippen LogP contribution in [0.5, 0.6) is 0 Å². The number of rotatable bonds is 7. The Morgan fingerprint density at radius 1 is 1.43 bits per heavy atom. The van der Waals surface area contributed by atoms with Gasteiger partial charge in [0.15, 0.2) is 5.65 Å². The van der Waals surface area contributed by atoms with Crippen LogP contribution < -0.4 is 10.6 Å². The van der Waals surface area contributed by atoms with Gasteiger partial charge < -0.3 is 10.6 Å². The number of carbonyl (C=O) groups excluding carboxylic acids is 1. The molecule has 0 aliphatic heterocycles. The van der Waals surface area contributed by atoms with Crippen molar-refractivity contribution in [2.45, 2.75) is 32.2 Å². The summed E-state index contributed by atoms with van der Waals surface area (Å²) in [5, 5.41) is 10.6. The highest BCUT2D eigenvalue weighted by Gasteiger charge is 2.11. The van der Waals surface area contributed by atoms with E-state index in [0.29, 0.717) is 13.1 Å². The zero-order valence-electron chi connectivity index (χ0n) is 12.1. The lowest BCUT2D eigenvalue weighted by Gasteiger charge is -2.07. The maximum absolute atomic E-state index is 11.4. The summed E-state index contributed by atoms with van der Waals surface area (Å²) < 4.78 is 1.74. The Morgan fingerprint density at radius 2 is 2.24 bits per heavy atom. The number of alkyl halides is 1. The summed E-state index contributed by atoms with van der Waals surface area (Å²) in [6, 6.07) is 0. The maximum Gasteiger partial charge on any atom is 0.237 e. The van der Waals surface area contributed by atoms with Gasteiger partial charge in [0.1, 0.15) is 17.5 Å². The molecule has 2 aromatic rings. The van der Waals surface area contributed by atoms with Crippen molar-refractivity contribution >= 4 is 34.4 Å². The molecular weight excluding hydrogens is 292 g/mol. The molecule has 1 atom stereocenters. The molecule has 2 rings (SSSR count). The van der Waals surface area contributed by atoms with Crippen LogP contribution in [0.2, 0.25) is 0 Å². The highest BCUT2D eigenvalue weighted by Crippen LogP contribution is 2.18. The maximum atomic E-state index is 11.4. The minimum absolute atomic E-state index is 0.187. The summed E-state index contributed by atoms with van der Waals surface area (Å²) in [5.41, 5.74) is 0.747. The molecule has 0 spiro atoms. The molecule has 2 aromatic heterocycles. The van der Waals surface area contributed by atoms with Crippen molar-refractivity contribution in [2.24, 2.45) is 0 Å². The van der Waals surface area contributed by atoms with Crippen LogP contribution in [0, 0.1) is 0 Å². The molecule has 1 amide bonds. The molecule has 0 aliphatic carbocycles. The lowest BCUT2D eigenvalue weighted by molar-refractivity contribution is -0.120. The van der Waals surface area contributed by atoms with Crippen LogP contribution >= 0.6 is 11.6 Å². The molecule has 0 bridgehead atoms. The number of fused-ring (bicyclic) bond motifs is 1. The number of halogens is 1. The Labute approximate surface area is 128 Å². The zero-order valence-corrected chi connectivity index (χ0v) is 12.9. The third kappa shape index (κ3) is 3.81. The first-order chi connectivity index (χ1) is 10.1. The van der Waals surface area contributed by atoms with Crippen LogP contribution in [-0.2, 0) is 11.3 Å². The monoisotopic (exact) mass is 310 g/mol. The number of hydrogen-bond donors (Lipinski definition) is 2. The SMILES string of the molecule is CCCNc1ncnc2c1cnn2CCNC(=O)C(C)Cl. The van der Waals surface area contributed by atoms with Crippen LogP contribution in [0.4, 0.5) is 5.82 Å². The second-order valence-corrected chi connectivity index (χ2v) is 5.32. The number of nitrogens with zero attached hydrogens (tertiary/aromatic N) is 4. The van der Waals surface area contributed by atoms with Gasteiger partial charge in [0, 0.05) is 13.1 Å². The molecule has 7 nitrogen and oxygen atoms in total. The lowest BCUT2D eigenvalue weighted by Crippen LogP contribution is -2.32. The largest absolute Gasteiger partial charge is 0.369 e. The van der Waals surface area contributed by atoms with E-state index < -0.39 is 5.38 Å². The lowest BCUT2D eigenvalue weighted by atomic mass is 10.3. The van der Waals surface area contributed by atoms with Gasteiger partial charge in [-0.25, -0.2) is 14.6 Å². The molecule has 2 heterocycles. The standard InChI is InChI=1S/C13H19ClN6O/c1-3-4-15-11-10-7-19-20(12(10)18-8-17-11)6-5-16-13(21)9(2)14/h7-9H,3-6H2,1-2H3,(H,16,21)(H,15,17,18). The van der Waals surface area contributed by atoms with Crippen LogP contribution in [0.15, 0.2) is 12.5 Å². The Hall–Kier alpha value is -1.89. The number of amides is 1. The molecule has 0 saturated carbocycles. The van der Waals surface area contributed by atoms with E-state index in [1.165, 1.54) is 6.33 Å². The van der Waals surface area contributed by atoms with Crippen molar-refractivity contribution in [1.82, 2.24) is 25.1 Å². The highest BCUT2D eigenvalue weighted by atomic mass is 35.5. The minimum atomic E-state index is -0.536. The predicted molar refractivity (Wildman–Crippen MR) is 82.4 cm³/mol. The van der Waals surface area contributed by atoms with Gasteiger partial charge in [-0.3, -0.25) is 4.79 Å². The summed E-state index contributed by atoms with van der Waals surface area (Å²) in [6.45, 7) is 5.56.